The predicted molar refractivity (Wildman–Crippen MR) is 152 cm³/mol. The van der Waals surface area contributed by atoms with Crippen LogP contribution in [0.4, 0.5) is 14.9 Å². The Hall–Kier alpha value is -3.80. The molecule has 1 aromatic heterocycles. The van der Waals surface area contributed by atoms with E-state index in [0.29, 0.717) is 36.5 Å². The van der Waals surface area contributed by atoms with Crippen molar-refractivity contribution in [3.05, 3.63) is 44.5 Å². The second-order valence-electron chi connectivity index (χ2n) is 11.1. The van der Waals surface area contributed by atoms with Crippen molar-refractivity contribution in [1.29, 1.82) is 0 Å². The molecule has 13 heteroatoms. The third-order valence-electron chi connectivity index (χ3n) is 6.87. The van der Waals surface area contributed by atoms with E-state index in [4.69, 9.17) is 21.1 Å². The summed E-state index contributed by atoms with van der Waals surface area (Å²) in [7, 11) is 1.40. The number of benzene rings is 1. The molecule has 2 aliphatic rings. The second-order valence-corrected chi connectivity index (χ2v) is 11.5. The van der Waals surface area contributed by atoms with Crippen molar-refractivity contribution in [3.63, 3.8) is 0 Å². The number of nitrogens with one attached hydrogen (secondary N) is 2. The molecule has 41 heavy (non-hydrogen) atoms. The number of aromatic nitrogens is 1. The minimum Gasteiger partial charge on any atom is -0.492 e. The predicted octanol–water partition coefficient (Wildman–Crippen LogP) is 3.92. The van der Waals surface area contributed by atoms with Gasteiger partial charge in [0, 0.05) is 30.4 Å². The molecule has 4 rings (SSSR count). The first-order chi connectivity index (χ1) is 19.3. The van der Waals surface area contributed by atoms with Gasteiger partial charge in [-0.25, -0.2) is 14.0 Å². The zero-order valence-electron chi connectivity index (χ0n) is 23.4. The molecule has 11 nitrogen and oxygen atoms in total. The highest BCUT2D eigenvalue weighted by Gasteiger charge is 2.32. The van der Waals surface area contributed by atoms with Crippen LogP contribution < -0.4 is 25.7 Å². The van der Waals surface area contributed by atoms with Crippen LogP contribution in [-0.4, -0.2) is 66.5 Å². The number of halogens is 2. The molecule has 0 unspecified atom stereocenters. The Labute approximate surface area is 241 Å². The number of nitrogens with zero attached hydrogens (tertiary/aromatic N) is 2. The molecule has 0 bridgehead atoms. The fourth-order valence-electron chi connectivity index (χ4n) is 4.83. The molecular formula is C28H34ClFN4O7. The molecule has 2 fully saturated rings. The van der Waals surface area contributed by atoms with Crippen LogP contribution in [0.1, 0.15) is 62.9 Å². The maximum absolute atomic E-state index is 15.6. The number of methoxy groups -OCH3 is 1. The number of amides is 2. The number of hydrogen-bond acceptors (Lipinski definition) is 7. The van der Waals surface area contributed by atoms with Gasteiger partial charge in [-0.2, -0.15) is 0 Å². The number of rotatable bonds is 8. The van der Waals surface area contributed by atoms with Gasteiger partial charge in [-0.15, -0.1) is 0 Å². The minimum atomic E-state index is -1.36. The molecule has 1 aliphatic heterocycles. The third kappa shape index (κ3) is 6.92. The number of hydrogen-bond donors (Lipinski definition) is 3. The highest BCUT2D eigenvalue weighted by Crippen LogP contribution is 2.44. The summed E-state index contributed by atoms with van der Waals surface area (Å²) < 4.78 is 28.0. The third-order valence-corrected chi connectivity index (χ3v) is 7.27. The normalized spacial score (nSPS) is 15.5. The van der Waals surface area contributed by atoms with Gasteiger partial charge in [0.15, 0.2) is 11.6 Å². The number of pyridine rings is 1. The highest BCUT2D eigenvalue weighted by molar-refractivity contribution is 6.30. The van der Waals surface area contributed by atoms with Crippen molar-refractivity contribution in [2.24, 2.45) is 0 Å². The van der Waals surface area contributed by atoms with Crippen LogP contribution in [0.5, 0.6) is 5.75 Å². The molecule has 1 aliphatic carbocycles. The molecule has 0 spiro atoms. The minimum absolute atomic E-state index is 0.00709. The number of fused-ring (bicyclic) bond motifs is 1. The Kier molecular flexibility index (Phi) is 8.81. The van der Waals surface area contributed by atoms with E-state index in [-0.39, 0.29) is 36.0 Å². The molecule has 0 radical (unpaired) electrons. The topological polar surface area (TPSA) is 139 Å². The van der Waals surface area contributed by atoms with Gasteiger partial charge >= 0.3 is 12.1 Å². The summed E-state index contributed by atoms with van der Waals surface area (Å²) in [5.74, 6) is -2.29. The molecule has 3 N–H and O–H groups in total. The summed E-state index contributed by atoms with van der Waals surface area (Å²) in [5, 5.41) is 15.0. The monoisotopic (exact) mass is 592 g/mol. The number of alkyl carbamates (subject to hydrolysis) is 1. The number of carbonyl (C=O) groups is 3. The average Bonchev–Trinajstić information content (AvgIpc) is 3.75. The molecule has 0 atom stereocenters. The zero-order chi connectivity index (χ0) is 30.1. The molecule has 2 amide bonds. The van der Waals surface area contributed by atoms with Crippen LogP contribution >= 0.6 is 11.6 Å². The highest BCUT2D eigenvalue weighted by atomic mass is 35.5. The Morgan fingerprint density at radius 3 is 2.37 bits per heavy atom. The summed E-state index contributed by atoms with van der Waals surface area (Å²) in [4.78, 5) is 50.3. The Bertz CT molecular complexity index is 1470. The molecule has 1 saturated heterocycles. The zero-order valence-corrected chi connectivity index (χ0v) is 24.2. The molecular weight excluding hydrogens is 559 g/mol. The number of ether oxygens (including phenoxy) is 2. The van der Waals surface area contributed by atoms with E-state index >= 15 is 4.39 Å². The van der Waals surface area contributed by atoms with Crippen molar-refractivity contribution in [1.82, 2.24) is 15.2 Å². The van der Waals surface area contributed by atoms with Gasteiger partial charge in [-0.1, -0.05) is 17.2 Å². The van der Waals surface area contributed by atoms with E-state index in [1.54, 1.807) is 25.3 Å². The van der Waals surface area contributed by atoms with E-state index in [2.05, 4.69) is 10.6 Å². The van der Waals surface area contributed by atoms with Crippen molar-refractivity contribution in [3.8, 4) is 5.75 Å². The summed E-state index contributed by atoms with van der Waals surface area (Å²) in [6.45, 7) is 5.79. The van der Waals surface area contributed by atoms with E-state index < -0.39 is 40.4 Å². The largest absolute Gasteiger partial charge is 0.492 e. The quantitative estimate of drug-likeness (QED) is 0.419. The van der Waals surface area contributed by atoms with Crippen LogP contribution in [0.25, 0.3) is 10.9 Å². The van der Waals surface area contributed by atoms with Gasteiger partial charge in [0.2, 0.25) is 11.3 Å². The van der Waals surface area contributed by atoms with Gasteiger partial charge in [0.25, 0.3) is 0 Å². The number of carboxylic acid groups (broad SMARTS) is 1. The van der Waals surface area contributed by atoms with Crippen molar-refractivity contribution < 1.29 is 33.4 Å². The standard InChI is InChI=1S/C28H34ClFN4O7/c1-28(2,3)41-27(39)32-13-21(35)31-12-19(29)15-7-9-33(10-8-15)23-20(30)11-17-22(25(23)40-4)34(16-5-6-16)14-18(24(17)36)26(37)38/h11,14,16H,5-10,12-13H2,1-4H3,(H,31,35)(H,32,39)(H,37,38). The second kappa shape index (κ2) is 12.0. The Morgan fingerprint density at radius 1 is 1.15 bits per heavy atom. The van der Waals surface area contributed by atoms with Gasteiger partial charge in [0.1, 0.15) is 23.4 Å². The molecule has 222 valence electrons. The number of anilines is 1. The van der Waals surface area contributed by atoms with Crippen LogP contribution in [0.15, 0.2) is 27.7 Å². The molecule has 1 saturated carbocycles. The van der Waals surface area contributed by atoms with Gasteiger partial charge < -0.3 is 34.7 Å². The molecule has 2 aromatic rings. The van der Waals surface area contributed by atoms with Crippen molar-refractivity contribution >= 4 is 46.2 Å². The van der Waals surface area contributed by atoms with Gasteiger partial charge in [0.05, 0.1) is 24.6 Å². The van der Waals surface area contributed by atoms with E-state index in [9.17, 15) is 24.3 Å². The van der Waals surface area contributed by atoms with Crippen molar-refractivity contribution in [2.75, 3.05) is 38.2 Å². The van der Waals surface area contributed by atoms with Crippen LogP contribution in [0.3, 0.4) is 0 Å². The van der Waals surface area contributed by atoms with E-state index in [1.165, 1.54) is 13.3 Å². The lowest BCUT2D eigenvalue weighted by molar-refractivity contribution is -0.120. The molecule has 1 aromatic carbocycles. The smallest absolute Gasteiger partial charge is 0.408 e. The van der Waals surface area contributed by atoms with Crippen molar-refractivity contribution in [2.45, 2.75) is 58.1 Å². The number of carbonyl (C=O) groups excluding carboxylic acids is 2. The lowest BCUT2D eigenvalue weighted by atomic mass is 10.0. The molecule has 2 heterocycles. The Balaban J connectivity index is 1.48. The lowest BCUT2D eigenvalue weighted by Crippen LogP contribution is -2.40. The van der Waals surface area contributed by atoms with Gasteiger partial charge in [-0.05, 0) is 52.5 Å². The maximum Gasteiger partial charge on any atom is 0.408 e. The maximum atomic E-state index is 15.6. The first kappa shape index (κ1) is 30.2. The fraction of sp³-hybridized carbons (Fsp3) is 0.500. The summed E-state index contributed by atoms with van der Waals surface area (Å²) in [5.41, 5.74) is -0.355. The average molecular weight is 593 g/mol. The van der Waals surface area contributed by atoms with Crippen LogP contribution in [0, 0.1) is 5.82 Å². The number of aromatic carboxylic acids is 1. The number of carboxylic acids is 1. The summed E-state index contributed by atoms with van der Waals surface area (Å²) >= 11 is 6.49. The Morgan fingerprint density at radius 2 is 1.80 bits per heavy atom. The first-order valence-electron chi connectivity index (χ1n) is 13.3. The van der Waals surface area contributed by atoms with Gasteiger partial charge in [-0.3, -0.25) is 9.59 Å². The van der Waals surface area contributed by atoms with E-state index in [0.717, 1.165) is 24.5 Å². The first-order valence-corrected chi connectivity index (χ1v) is 13.7. The summed E-state index contributed by atoms with van der Waals surface area (Å²) in [6, 6.07) is 1.10. The SMILES string of the molecule is COc1c(N2CCC(=C(Cl)CNC(=O)CNC(=O)OC(C)(C)C)CC2)c(F)cc2c(=O)c(C(=O)O)cn(C3CC3)c12. The van der Waals surface area contributed by atoms with Crippen LogP contribution in [0.2, 0.25) is 0 Å². The van der Waals surface area contributed by atoms with Crippen LogP contribution in [-0.2, 0) is 9.53 Å². The number of piperidine rings is 1. The lowest BCUT2D eigenvalue weighted by Gasteiger charge is -2.33. The van der Waals surface area contributed by atoms with E-state index in [1.807, 2.05) is 4.90 Å². The fourth-order valence-corrected chi connectivity index (χ4v) is 5.08. The summed E-state index contributed by atoms with van der Waals surface area (Å²) in [6.07, 6.45) is 3.26.